The fourth-order valence-electron chi connectivity index (χ4n) is 2.87. The molecule has 116 valence electrons. The molecule has 2 amide bonds. The molecule has 0 bridgehead atoms. The van der Waals surface area contributed by atoms with Gasteiger partial charge in [0.1, 0.15) is 0 Å². The van der Waals surface area contributed by atoms with Crippen LogP contribution in [-0.2, 0) is 6.42 Å². The second-order valence-electron chi connectivity index (χ2n) is 5.87. The van der Waals surface area contributed by atoms with Crippen LogP contribution < -0.4 is 10.6 Å². The van der Waals surface area contributed by atoms with Crippen molar-refractivity contribution in [1.29, 1.82) is 0 Å². The van der Waals surface area contributed by atoms with Gasteiger partial charge in [-0.05, 0) is 31.2 Å². The van der Waals surface area contributed by atoms with Gasteiger partial charge in [0.25, 0.3) is 0 Å². The summed E-state index contributed by atoms with van der Waals surface area (Å²) in [7, 11) is 0. The van der Waals surface area contributed by atoms with E-state index in [1.165, 1.54) is 5.56 Å². The van der Waals surface area contributed by atoms with E-state index in [2.05, 4.69) is 29.7 Å². The van der Waals surface area contributed by atoms with Gasteiger partial charge >= 0.3 is 6.03 Å². The summed E-state index contributed by atoms with van der Waals surface area (Å²) in [5.41, 5.74) is 1.22. The second kappa shape index (κ2) is 8.03. The second-order valence-corrected chi connectivity index (χ2v) is 5.87. The molecule has 0 heterocycles. The van der Waals surface area contributed by atoms with E-state index in [1.807, 2.05) is 18.2 Å². The first-order valence-electron chi connectivity index (χ1n) is 7.98. The number of rotatable bonds is 5. The Labute approximate surface area is 126 Å². The van der Waals surface area contributed by atoms with Gasteiger partial charge in [0.15, 0.2) is 0 Å². The van der Waals surface area contributed by atoms with E-state index in [-0.39, 0.29) is 18.1 Å². The Hall–Kier alpha value is -1.55. The molecular weight excluding hydrogens is 264 g/mol. The maximum Gasteiger partial charge on any atom is 0.315 e. The maximum absolute atomic E-state index is 12.1. The van der Waals surface area contributed by atoms with Gasteiger partial charge in [0.05, 0.1) is 12.1 Å². The third kappa shape index (κ3) is 5.05. The van der Waals surface area contributed by atoms with Gasteiger partial charge in [-0.25, -0.2) is 4.79 Å². The van der Waals surface area contributed by atoms with Crippen LogP contribution >= 0.6 is 0 Å². The predicted molar refractivity (Wildman–Crippen MR) is 84.2 cm³/mol. The maximum atomic E-state index is 12.1. The minimum Gasteiger partial charge on any atom is -0.391 e. The summed E-state index contributed by atoms with van der Waals surface area (Å²) >= 11 is 0. The van der Waals surface area contributed by atoms with Gasteiger partial charge in [-0.3, -0.25) is 0 Å². The van der Waals surface area contributed by atoms with Crippen molar-refractivity contribution in [3.05, 3.63) is 35.9 Å². The topological polar surface area (TPSA) is 61.4 Å². The molecule has 3 N–H and O–H groups in total. The van der Waals surface area contributed by atoms with Crippen molar-refractivity contribution in [3.8, 4) is 0 Å². The molecule has 3 unspecified atom stereocenters. The SMILES string of the molecule is CCC(Cc1ccccc1)NC(=O)NC1CCCCC1O. The molecule has 1 aliphatic rings. The van der Waals surface area contributed by atoms with Gasteiger partial charge in [0, 0.05) is 6.04 Å². The van der Waals surface area contributed by atoms with E-state index < -0.39 is 6.10 Å². The summed E-state index contributed by atoms with van der Waals surface area (Å²) in [6.45, 7) is 2.07. The van der Waals surface area contributed by atoms with Crippen molar-refractivity contribution in [1.82, 2.24) is 10.6 Å². The van der Waals surface area contributed by atoms with Crippen LogP contribution in [0.1, 0.15) is 44.6 Å². The lowest BCUT2D eigenvalue weighted by Gasteiger charge is -2.29. The number of amides is 2. The molecule has 2 rings (SSSR count). The molecule has 1 aromatic carbocycles. The zero-order chi connectivity index (χ0) is 15.1. The number of aliphatic hydroxyl groups is 1. The van der Waals surface area contributed by atoms with Crippen LogP contribution in [0, 0.1) is 0 Å². The summed E-state index contributed by atoms with van der Waals surface area (Å²) in [6, 6.07) is 10.0. The highest BCUT2D eigenvalue weighted by Crippen LogP contribution is 2.18. The Kier molecular flexibility index (Phi) is 6.05. The van der Waals surface area contributed by atoms with Crippen molar-refractivity contribution < 1.29 is 9.90 Å². The smallest absolute Gasteiger partial charge is 0.315 e. The molecular formula is C17H26N2O2. The molecule has 3 atom stereocenters. The van der Waals surface area contributed by atoms with E-state index in [4.69, 9.17) is 0 Å². The Morgan fingerprint density at radius 2 is 2.00 bits per heavy atom. The van der Waals surface area contributed by atoms with Gasteiger partial charge in [-0.2, -0.15) is 0 Å². The van der Waals surface area contributed by atoms with Crippen LogP contribution in [0.5, 0.6) is 0 Å². The fourth-order valence-corrected chi connectivity index (χ4v) is 2.87. The largest absolute Gasteiger partial charge is 0.391 e. The number of hydrogen-bond donors (Lipinski definition) is 3. The van der Waals surface area contributed by atoms with Gasteiger partial charge < -0.3 is 15.7 Å². The summed E-state index contributed by atoms with van der Waals surface area (Å²) < 4.78 is 0. The van der Waals surface area contributed by atoms with Crippen molar-refractivity contribution >= 4 is 6.03 Å². The molecule has 0 radical (unpaired) electrons. The molecule has 0 aromatic heterocycles. The van der Waals surface area contributed by atoms with Crippen LogP contribution in [0.3, 0.4) is 0 Å². The van der Waals surface area contributed by atoms with Crippen molar-refractivity contribution in [3.63, 3.8) is 0 Å². The van der Waals surface area contributed by atoms with Crippen LogP contribution in [0.25, 0.3) is 0 Å². The van der Waals surface area contributed by atoms with Crippen LogP contribution in [0.15, 0.2) is 30.3 Å². The summed E-state index contributed by atoms with van der Waals surface area (Å²) in [4.78, 5) is 12.1. The van der Waals surface area contributed by atoms with Crippen LogP contribution in [-0.4, -0.2) is 29.3 Å². The van der Waals surface area contributed by atoms with E-state index in [1.54, 1.807) is 0 Å². The Bertz CT molecular complexity index is 436. The first-order valence-corrected chi connectivity index (χ1v) is 7.98. The quantitative estimate of drug-likeness (QED) is 0.780. The molecule has 1 saturated carbocycles. The minimum absolute atomic E-state index is 0.104. The molecule has 1 aromatic rings. The lowest BCUT2D eigenvalue weighted by molar-refractivity contribution is 0.0940. The van der Waals surface area contributed by atoms with Crippen molar-refractivity contribution in [2.24, 2.45) is 0 Å². The lowest BCUT2D eigenvalue weighted by atomic mass is 9.93. The standard InChI is InChI=1S/C17H26N2O2/c1-2-14(12-13-8-4-3-5-9-13)18-17(21)19-15-10-6-7-11-16(15)20/h3-5,8-9,14-16,20H,2,6-7,10-12H2,1H3,(H2,18,19,21). The molecule has 1 aliphatic carbocycles. The lowest BCUT2D eigenvalue weighted by Crippen LogP contribution is -2.51. The monoisotopic (exact) mass is 290 g/mol. The summed E-state index contributed by atoms with van der Waals surface area (Å²) in [5.74, 6) is 0. The third-order valence-electron chi connectivity index (χ3n) is 4.20. The van der Waals surface area contributed by atoms with E-state index in [0.29, 0.717) is 0 Å². The average molecular weight is 290 g/mol. The highest BCUT2D eigenvalue weighted by Gasteiger charge is 2.24. The third-order valence-corrected chi connectivity index (χ3v) is 4.20. The number of carbonyl (C=O) groups excluding carboxylic acids is 1. The minimum atomic E-state index is -0.404. The van der Waals surface area contributed by atoms with Crippen LogP contribution in [0.2, 0.25) is 0 Å². The van der Waals surface area contributed by atoms with E-state index in [9.17, 15) is 9.90 Å². The summed E-state index contributed by atoms with van der Waals surface area (Å²) in [6.07, 6.45) is 5.08. The normalized spacial score (nSPS) is 23.3. The van der Waals surface area contributed by atoms with Crippen molar-refractivity contribution in [2.45, 2.75) is 63.6 Å². The molecule has 21 heavy (non-hydrogen) atoms. The number of hydrogen-bond acceptors (Lipinski definition) is 2. The first kappa shape index (κ1) is 15.8. The Balaban J connectivity index is 1.82. The number of benzene rings is 1. The van der Waals surface area contributed by atoms with E-state index >= 15 is 0 Å². The molecule has 1 fully saturated rings. The molecule has 4 nitrogen and oxygen atoms in total. The Morgan fingerprint density at radius 1 is 1.29 bits per heavy atom. The highest BCUT2D eigenvalue weighted by atomic mass is 16.3. The van der Waals surface area contributed by atoms with Gasteiger partial charge in [-0.15, -0.1) is 0 Å². The molecule has 0 spiro atoms. The Morgan fingerprint density at radius 3 is 2.67 bits per heavy atom. The number of urea groups is 1. The van der Waals surface area contributed by atoms with Crippen molar-refractivity contribution in [2.75, 3.05) is 0 Å². The zero-order valence-corrected chi connectivity index (χ0v) is 12.7. The molecule has 0 aliphatic heterocycles. The van der Waals surface area contributed by atoms with Gasteiger partial charge in [0.2, 0.25) is 0 Å². The average Bonchev–Trinajstić information content (AvgIpc) is 2.50. The molecule has 4 heteroatoms. The predicted octanol–water partition coefficient (Wildman–Crippen LogP) is 2.61. The highest BCUT2D eigenvalue weighted by molar-refractivity contribution is 5.74. The van der Waals surface area contributed by atoms with Crippen LogP contribution in [0.4, 0.5) is 4.79 Å². The number of aliphatic hydroxyl groups excluding tert-OH is 1. The number of nitrogens with one attached hydrogen (secondary N) is 2. The fraction of sp³-hybridized carbons (Fsp3) is 0.588. The van der Waals surface area contributed by atoms with E-state index in [0.717, 1.165) is 38.5 Å². The first-order chi connectivity index (χ1) is 10.2. The zero-order valence-electron chi connectivity index (χ0n) is 12.7. The van der Waals surface area contributed by atoms with Gasteiger partial charge in [-0.1, -0.05) is 50.1 Å². The molecule has 0 saturated heterocycles. The number of carbonyl (C=O) groups is 1. The summed E-state index contributed by atoms with van der Waals surface area (Å²) in [5, 5.41) is 15.8.